The van der Waals surface area contributed by atoms with Crippen LogP contribution in [0.1, 0.15) is 25.3 Å². The highest BCUT2D eigenvalue weighted by Crippen LogP contribution is 2.32. The lowest BCUT2D eigenvalue weighted by molar-refractivity contribution is 0.811. The largest absolute Gasteiger partial charge is 0.378 e. The normalized spacial score (nSPS) is 11.6. The van der Waals surface area contributed by atoms with Crippen molar-refractivity contribution in [3.05, 3.63) is 47.3 Å². The number of nitrogens with zero attached hydrogens (tertiary/aromatic N) is 3. The fourth-order valence-corrected chi connectivity index (χ4v) is 3.86. The van der Waals surface area contributed by atoms with E-state index < -0.39 is 0 Å². The maximum Gasteiger partial charge on any atom is 0.208 e. The summed E-state index contributed by atoms with van der Waals surface area (Å²) >= 11 is 1.81. The molecule has 25 heavy (non-hydrogen) atoms. The Bertz CT molecular complexity index is 963. The predicted octanol–water partition coefficient (Wildman–Crippen LogP) is 4.31. The predicted molar refractivity (Wildman–Crippen MR) is 112 cm³/mol. The lowest BCUT2D eigenvalue weighted by Gasteiger charge is -2.13. The first-order chi connectivity index (χ1) is 12.0. The molecule has 0 fully saturated rings. The number of unbranched alkanes of at least 4 members (excludes halogenated alkanes) is 1. The molecular formula is C21H26N3S+. The van der Waals surface area contributed by atoms with Gasteiger partial charge in [-0.3, -0.25) is 0 Å². The van der Waals surface area contributed by atoms with E-state index in [1.54, 1.807) is 0 Å². The van der Waals surface area contributed by atoms with Gasteiger partial charge >= 0.3 is 0 Å². The number of allylic oxidation sites excluding steroid dienone is 1. The fourth-order valence-electron chi connectivity index (χ4n) is 2.84. The number of fused-ring (bicyclic) bond motifs is 2. The van der Waals surface area contributed by atoms with Crippen molar-refractivity contribution in [2.45, 2.75) is 19.8 Å². The molecule has 2 aliphatic rings. The Kier molecular flexibility index (Phi) is 5.19. The molecule has 0 bridgehead atoms. The van der Waals surface area contributed by atoms with E-state index in [0.717, 1.165) is 17.6 Å². The molecule has 0 aromatic heterocycles. The monoisotopic (exact) mass is 352 g/mol. The molecule has 0 saturated heterocycles. The summed E-state index contributed by atoms with van der Waals surface area (Å²) in [7, 11) is 8.34. The molecule has 0 amide bonds. The van der Waals surface area contributed by atoms with Gasteiger partial charge in [0.2, 0.25) is 5.36 Å². The topological polar surface area (TPSA) is 19.1 Å². The highest BCUT2D eigenvalue weighted by atomic mass is 32.1. The van der Waals surface area contributed by atoms with Crippen molar-refractivity contribution in [2.24, 2.45) is 0 Å². The van der Waals surface area contributed by atoms with Gasteiger partial charge < -0.3 is 4.90 Å². The molecule has 3 nitrogen and oxygen atoms in total. The standard InChI is InChI=1S/C21H26N3S/c1-6-7-8-9-15-12-18-21(14-19(15)24(4)5)25-20-13-16(23(2)3)10-11-17(20)22-18/h8-14H,6-7H2,1-5H3/q+1/b9-8+. The van der Waals surface area contributed by atoms with Gasteiger partial charge in [-0.05, 0) is 30.7 Å². The van der Waals surface area contributed by atoms with Crippen molar-refractivity contribution in [3.63, 3.8) is 0 Å². The maximum atomic E-state index is 4.91. The van der Waals surface area contributed by atoms with Crippen LogP contribution in [0.5, 0.6) is 0 Å². The summed E-state index contributed by atoms with van der Waals surface area (Å²) in [5.41, 5.74) is 4.56. The Balaban J connectivity index is 2.24. The fraction of sp³-hybridized carbons (Fsp3) is 0.333. The molecule has 0 spiro atoms. The zero-order chi connectivity index (χ0) is 18.0. The van der Waals surface area contributed by atoms with Crippen LogP contribution < -0.4 is 14.8 Å². The summed E-state index contributed by atoms with van der Waals surface area (Å²) < 4.78 is 3.40. The second-order valence-corrected chi connectivity index (χ2v) is 7.81. The Labute approximate surface area is 153 Å². The zero-order valence-corrected chi connectivity index (χ0v) is 16.5. The van der Waals surface area contributed by atoms with Crippen LogP contribution in [-0.2, 0) is 0 Å². The number of anilines is 1. The highest BCUT2D eigenvalue weighted by molar-refractivity contribution is 7.21. The number of hydrogen-bond acceptors (Lipinski definition) is 3. The van der Waals surface area contributed by atoms with Gasteiger partial charge in [0.25, 0.3) is 0 Å². The van der Waals surface area contributed by atoms with E-state index in [0.29, 0.717) is 0 Å². The van der Waals surface area contributed by atoms with Gasteiger partial charge in [0.15, 0.2) is 0 Å². The van der Waals surface area contributed by atoms with Crippen molar-refractivity contribution in [2.75, 3.05) is 33.1 Å². The van der Waals surface area contributed by atoms with E-state index in [1.807, 2.05) is 11.3 Å². The van der Waals surface area contributed by atoms with Crippen molar-refractivity contribution in [3.8, 4) is 10.6 Å². The Morgan fingerprint density at radius 3 is 2.64 bits per heavy atom. The van der Waals surface area contributed by atoms with Crippen LogP contribution in [0.2, 0.25) is 0 Å². The first kappa shape index (κ1) is 17.6. The van der Waals surface area contributed by atoms with Gasteiger partial charge in [0.05, 0.1) is 20.8 Å². The second kappa shape index (κ2) is 7.36. The summed E-state index contributed by atoms with van der Waals surface area (Å²) in [6.07, 6.45) is 6.75. The Hall–Kier alpha value is -2.20. The van der Waals surface area contributed by atoms with E-state index in [-0.39, 0.29) is 0 Å². The minimum absolute atomic E-state index is 1.06. The van der Waals surface area contributed by atoms with E-state index in [9.17, 15) is 0 Å². The van der Waals surface area contributed by atoms with E-state index in [1.165, 1.54) is 32.6 Å². The summed E-state index contributed by atoms with van der Waals surface area (Å²) in [6.45, 7) is 2.20. The molecule has 0 atom stereocenters. The molecule has 3 rings (SSSR count). The van der Waals surface area contributed by atoms with Gasteiger partial charge in [0, 0.05) is 31.4 Å². The first-order valence-corrected chi connectivity index (χ1v) is 9.54. The van der Waals surface area contributed by atoms with Gasteiger partial charge in [0.1, 0.15) is 14.1 Å². The summed E-state index contributed by atoms with van der Waals surface area (Å²) in [4.78, 5) is 8.26. The third-order valence-corrected chi connectivity index (χ3v) is 5.36. The van der Waals surface area contributed by atoms with Crippen LogP contribution in [0.15, 0.2) is 36.4 Å². The third kappa shape index (κ3) is 3.74. The number of benzene rings is 2. The van der Waals surface area contributed by atoms with Crippen molar-refractivity contribution in [1.29, 1.82) is 0 Å². The van der Waals surface area contributed by atoms with Crippen LogP contribution in [0.4, 0.5) is 5.69 Å². The summed E-state index contributed by atoms with van der Waals surface area (Å²) in [5, 5.41) is 1.24. The van der Waals surface area contributed by atoms with E-state index in [2.05, 4.69) is 87.1 Å². The molecule has 0 N–H and O–H groups in total. The van der Waals surface area contributed by atoms with Crippen LogP contribution >= 0.6 is 11.3 Å². The van der Waals surface area contributed by atoms with Gasteiger partial charge in [-0.15, -0.1) is 11.3 Å². The minimum Gasteiger partial charge on any atom is -0.378 e. The lowest BCUT2D eigenvalue weighted by Crippen LogP contribution is -2.24. The van der Waals surface area contributed by atoms with Crippen LogP contribution in [0, 0.1) is 0 Å². The molecule has 0 radical (unpaired) electrons. The molecule has 1 aliphatic carbocycles. The summed E-state index contributed by atoms with van der Waals surface area (Å²) in [5.74, 6) is 0. The van der Waals surface area contributed by atoms with Crippen molar-refractivity contribution < 1.29 is 0 Å². The number of rotatable bonds is 4. The molecule has 1 aromatic rings. The quantitative estimate of drug-likeness (QED) is 0.515. The van der Waals surface area contributed by atoms with Gasteiger partial charge in [-0.1, -0.05) is 25.5 Å². The first-order valence-electron chi connectivity index (χ1n) is 8.72. The van der Waals surface area contributed by atoms with Gasteiger partial charge in [-0.25, -0.2) is 9.56 Å². The van der Waals surface area contributed by atoms with Gasteiger partial charge in [-0.2, -0.15) is 0 Å². The average molecular weight is 353 g/mol. The van der Waals surface area contributed by atoms with Crippen molar-refractivity contribution >= 4 is 33.3 Å². The van der Waals surface area contributed by atoms with E-state index >= 15 is 0 Å². The molecule has 1 heterocycles. The van der Waals surface area contributed by atoms with Crippen LogP contribution in [0.25, 0.3) is 26.9 Å². The second-order valence-electron chi connectivity index (χ2n) is 6.72. The lowest BCUT2D eigenvalue weighted by atomic mass is 10.1. The minimum atomic E-state index is 1.06. The zero-order valence-electron chi connectivity index (χ0n) is 15.7. The number of hydrogen-bond donors (Lipinski definition) is 0. The average Bonchev–Trinajstić information content (AvgIpc) is 2.58. The molecular weight excluding hydrogens is 326 g/mol. The van der Waals surface area contributed by atoms with Crippen molar-refractivity contribution in [1.82, 2.24) is 9.56 Å². The van der Waals surface area contributed by atoms with Crippen LogP contribution in [-0.4, -0.2) is 33.2 Å². The number of aromatic nitrogens is 1. The smallest absolute Gasteiger partial charge is 0.208 e. The Morgan fingerprint density at radius 1 is 1.16 bits per heavy atom. The molecule has 0 saturated carbocycles. The summed E-state index contributed by atoms with van der Waals surface area (Å²) in [6, 6.07) is 10.9. The molecule has 1 aliphatic heterocycles. The molecule has 4 heteroatoms. The molecule has 1 aromatic carbocycles. The van der Waals surface area contributed by atoms with E-state index in [4.69, 9.17) is 4.98 Å². The molecule has 130 valence electrons. The third-order valence-electron chi connectivity index (χ3n) is 4.26. The Morgan fingerprint density at radius 2 is 1.96 bits per heavy atom. The van der Waals surface area contributed by atoms with Crippen LogP contribution in [0.3, 0.4) is 0 Å². The SMILES string of the molecule is CCC/C=C/c1cc2nc3ccc(N(C)C)cc3sc-2cc1=[N+](C)C. The highest BCUT2D eigenvalue weighted by Gasteiger charge is 2.13. The maximum absolute atomic E-state index is 4.91. The molecule has 0 unspecified atom stereocenters.